The third-order valence-electron chi connectivity index (χ3n) is 12.0. The molecule has 2 heteroatoms. The molecule has 1 N–H and O–H groups in total. The zero-order valence-electron chi connectivity index (χ0n) is 33.1. The van der Waals surface area contributed by atoms with Crippen molar-refractivity contribution < 1.29 is 0 Å². The highest BCUT2D eigenvalue weighted by Gasteiger charge is 2.22. The molecule has 2 nitrogen and oxygen atoms in total. The topological polar surface area (TPSA) is 24.4 Å². The molecule has 1 unspecified atom stereocenters. The van der Waals surface area contributed by atoms with Crippen LogP contribution in [0.15, 0.2) is 223 Å². The monoisotopic (exact) mass is 764 g/mol. The molecule has 0 saturated carbocycles. The second kappa shape index (κ2) is 15.2. The molecule has 0 spiro atoms. The van der Waals surface area contributed by atoms with Crippen LogP contribution in [0, 0.1) is 0 Å². The van der Waals surface area contributed by atoms with Crippen LogP contribution >= 0.6 is 0 Å². The Morgan fingerprint density at radius 3 is 1.93 bits per heavy atom. The number of hydrogen-bond acceptors (Lipinski definition) is 2. The maximum absolute atomic E-state index is 5.44. The van der Waals surface area contributed by atoms with Gasteiger partial charge in [0, 0.05) is 16.8 Å². The first kappa shape index (κ1) is 35.4. The molecule has 2 aliphatic carbocycles. The van der Waals surface area contributed by atoms with E-state index in [0.717, 1.165) is 52.1 Å². The van der Waals surface area contributed by atoms with Crippen molar-refractivity contribution in [3.63, 3.8) is 0 Å². The van der Waals surface area contributed by atoms with Crippen molar-refractivity contribution in [2.24, 2.45) is 4.99 Å². The molecule has 0 fully saturated rings. The van der Waals surface area contributed by atoms with Gasteiger partial charge in [-0.3, -0.25) is 4.99 Å². The maximum atomic E-state index is 5.44. The van der Waals surface area contributed by atoms with Crippen molar-refractivity contribution in [3.05, 3.63) is 251 Å². The number of benzene rings is 8. The number of nitrogens with zero attached hydrogens (tertiary/aromatic N) is 1. The van der Waals surface area contributed by atoms with E-state index in [2.05, 4.69) is 211 Å². The Morgan fingerprint density at radius 1 is 0.500 bits per heavy atom. The molecule has 1 aliphatic heterocycles. The summed E-state index contributed by atoms with van der Waals surface area (Å²) in [5, 5.41) is 11.6. The largest absolute Gasteiger partial charge is 0.360 e. The minimum atomic E-state index is -0.301. The predicted molar refractivity (Wildman–Crippen MR) is 253 cm³/mol. The smallest absolute Gasteiger partial charge is 0.145 e. The summed E-state index contributed by atoms with van der Waals surface area (Å²) in [5.41, 5.74) is 21.2. The first-order valence-corrected chi connectivity index (χ1v) is 20.8. The summed E-state index contributed by atoms with van der Waals surface area (Å²) in [6.07, 6.45) is 14.5. The summed E-state index contributed by atoms with van der Waals surface area (Å²) >= 11 is 0. The van der Waals surface area contributed by atoms with Crippen LogP contribution in [0.2, 0.25) is 0 Å². The van der Waals surface area contributed by atoms with Crippen molar-refractivity contribution in [1.29, 1.82) is 0 Å². The van der Waals surface area contributed by atoms with Gasteiger partial charge in [-0.2, -0.15) is 0 Å². The van der Waals surface area contributed by atoms with Gasteiger partial charge < -0.3 is 5.32 Å². The van der Waals surface area contributed by atoms with Gasteiger partial charge in [0.25, 0.3) is 0 Å². The van der Waals surface area contributed by atoms with E-state index in [9.17, 15) is 0 Å². The molecule has 8 aromatic carbocycles. The Bertz CT molecular complexity index is 3270. The third kappa shape index (κ3) is 6.57. The summed E-state index contributed by atoms with van der Waals surface area (Å²) in [5.74, 6) is 0. The fourth-order valence-corrected chi connectivity index (χ4v) is 9.09. The van der Waals surface area contributed by atoms with Crippen LogP contribution in [0.25, 0.3) is 65.9 Å². The van der Waals surface area contributed by atoms with Gasteiger partial charge in [-0.15, -0.1) is 0 Å². The van der Waals surface area contributed by atoms with Gasteiger partial charge in [0.1, 0.15) is 6.17 Å². The van der Waals surface area contributed by atoms with E-state index < -0.39 is 0 Å². The average molecular weight is 765 g/mol. The minimum absolute atomic E-state index is 0.301. The third-order valence-corrected chi connectivity index (χ3v) is 12.0. The SMILES string of the molecule is C1=C=C(c2cccc(C3N=C(c4cccc(C5=C(c6ccc7c8ccccc8c8ccccc8c7c6)CCC=C5)c4)C=C(c4cccc(-c5ccccc5)c4)N3)c2)C=CC=1. The van der Waals surface area contributed by atoms with Crippen molar-refractivity contribution >= 4 is 60.4 Å². The Labute approximate surface area is 350 Å². The number of allylic oxidation sites excluding steroid dienone is 9. The molecule has 0 saturated heterocycles. The van der Waals surface area contributed by atoms with E-state index in [1.165, 1.54) is 65.7 Å². The number of hydrogen-bond donors (Lipinski definition) is 1. The Kier molecular flexibility index (Phi) is 8.99. The van der Waals surface area contributed by atoms with Crippen LogP contribution in [0.4, 0.5) is 0 Å². The molecule has 0 amide bonds. The van der Waals surface area contributed by atoms with Gasteiger partial charge in [0.05, 0.1) is 5.71 Å². The van der Waals surface area contributed by atoms with E-state index in [-0.39, 0.29) is 6.17 Å². The van der Waals surface area contributed by atoms with Gasteiger partial charge in [0.2, 0.25) is 0 Å². The minimum Gasteiger partial charge on any atom is -0.360 e. The molecule has 11 rings (SSSR count). The molecule has 60 heavy (non-hydrogen) atoms. The Hall–Kier alpha value is -7.73. The van der Waals surface area contributed by atoms with Crippen LogP contribution in [-0.4, -0.2) is 5.71 Å². The first-order chi connectivity index (χ1) is 29.7. The quantitative estimate of drug-likeness (QED) is 0.127. The number of nitrogens with one attached hydrogen (secondary N) is 1. The summed E-state index contributed by atoms with van der Waals surface area (Å²) in [6.45, 7) is 0. The molecule has 0 aromatic heterocycles. The Balaban J connectivity index is 1.03. The van der Waals surface area contributed by atoms with Crippen molar-refractivity contribution in [1.82, 2.24) is 5.32 Å². The molecule has 3 aliphatic rings. The average Bonchev–Trinajstić information content (AvgIpc) is 3.34. The van der Waals surface area contributed by atoms with Crippen LogP contribution in [0.1, 0.15) is 52.4 Å². The molecule has 1 atom stereocenters. The summed E-state index contributed by atoms with van der Waals surface area (Å²) < 4.78 is 0. The van der Waals surface area contributed by atoms with Gasteiger partial charge in [-0.1, -0.05) is 175 Å². The second-order valence-electron chi connectivity index (χ2n) is 15.7. The van der Waals surface area contributed by atoms with Crippen LogP contribution in [0.3, 0.4) is 0 Å². The molecule has 282 valence electrons. The standard InChI is InChI=1S/C58H40N2/c1-3-16-39(17-4-1)41-20-13-23-45(34-41)56-38-57(60-58(59-56)47-25-14-21-42(35-47)40-18-5-2-6-19-40)46-24-15-22-43(36-46)48-26-7-8-27-49(48)44-32-33-54-52-30-10-9-28-50(52)51-29-11-12-31-53(51)55(54)37-44/h1-5,7,9-18,20-26,28-38,58-59H,8,27H2. The molecule has 8 aromatic rings. The molecule has 1 heterocycles. The van der Waals surface area contributed by atoms with Crippen LogP contribution in [0.5, 0.6) is 0 Å². The fraction of sp³-hybridized carbons (Fsp3) is 0.0517. The lowest BCUT2D eigenvalue weighted by atomic mass is 9.85. The first-order valence-electron chi connectivity index (χ1n) is 20.8. The van der Waals surface area contributed by atoms with Crippen molar-refractivity contribution in [3.8, 4) is 11.1 Å². The van der Waals surface area contributed by atoms with E-state index in [0.29, 0.717) is 0 Å². The normalized spacial score (nSPS) is 15.9. The van der Waals surface area contributed by atoms with Gasteiger partial charge in [-0.05, 0) is 138 Å². The van der Waals surface area contributed by atoms with Gasteiger partial charge >= 0.3 is 0 Å². The van der Waals surface area contributed by atoms with Crippen LogP contribution < -0.4 is 5.32 Å². The fourth-order valence-electron chi connectivity index (χ4n) is 9.09. The zero-order chi connectivity index (χ0) is 39.8. The van der Waals surface area contributed by atoms with Gasteiger partial charge in [0.15, 0.2) is 0 Å². The van der Waals surface area contributed by atoms with E-state index in [1.54, 1.807) is 0 Å². The number of fused-ring (bicyclic) bond motifs is 6. The van der Waals surface area contributed by atoms with Crippen molar-refractivity contribution in [2.75, 3.05) is 0 Å². The van der Waals surface area contributed by atoms with E-state index in [4.69, 9.17) is 4.99 Å². The number of rotatable bonds is 7. The molecule has 0 bridgehead atoms. The van der Waals surface area contributed by atoms with Crippen LogP contribution in [-0.2, 0) is 0 Å². The highest BCUT2D eigenvalue weighted by atomic mass is 15.1. The van der Waals surface area contributed by atoms with Gasteiger partial charge in [-0.25, -0.2) is 0 Å². The summed E-state index contributed by atoms with van der Waals surface area (Å²) in [4.78, 5) is 5.44. The summed E-state index contributed by atoms with van der Waals surface area (Å²) in [6, 6.07) is 61.7. The lowest BCUT2D eigenvalue weighted by molar-refractivity contribution is 0.664. The molecule has 0 radical (unpaired) electrons. The predicted octanol–water partition coefficient (Wildman–Crippen LogP) is 14.5. The van der Waals surface area contributed by atoms with E-state index in [1.807, 2.05) is 12.2 Å². The highest BCUT2D eigenvalue weighted by Crippen LogP contribution is 2.40. The lowest BCUT2D eigenvalue weighted by Crippen LogP contribution is -2.25. The Morgan fingerprint density at radius 2 is 1.15 bits per heavy atom. The van der Waals surface area contributed by atoms with Crippen molar-refractivity contribution in [2.45, 2.75) is 19.0 Å². The van der Waals surface area contributed by atoms with E-state index >= 15 is 0 Å². The maximum Gasteiger partial charge on any atom is 0.145 e. The zero-order valence-corrected chi connectivity index (χ0v) is 33.1. The number of aliphatic imine (C=N–C) groups is 1. The summed E-state index contributed by atoms with van der Waals surface area (Å²) in [7, 11) is 0. The lowest BCUT2D eigenvalue weighted by Gasteiger charge is -2.26. The highest BCUT2D eigenvalue weighted by molar-refractivity contribution is 6.25. The molecular weight excluding hydrogens is 725 g/mol. The molecular formula is C58H40N2. The second-order valence-corrected chi connectivity index (χ2v) is 15.7.